The van der Waals surface area contributed by atoms with Crippen LogP contribution in [-0.4, -0.2) is 26.0 Å². The van der Waals surface area contributed by atoms with Crippen LogP contribution in [0.1, 0.15) is 23.4 Å². The molecule has 5 heteroatoms. The quantitative estimate of drug-likeness (QED) is 0.914. The van der Waals surface area contributed by atoms with E-state index in [4.69, 9.17) is 11.6 Å². The maximum atomic E-state index is 10.1. The Bertz CT molecular complexity index is 539. The molecule has 0 fully saturated rings. The van der Waals surface area contributed by atoms with Gasteiger partial charge in [0.2, 0.25) is 0 Å². The highest BCUT2D eigenvalue weighted by molar-refractivity contribution is 6.31. The molecule has 0 radical (unpaired) electrons. The molecular formula is C14H18ClN3O. The molecule has 0 aliphatic rings. The van der Waals surface area contributed by atoms with Crippen molar-refractivity contribution >= 4 is 11.6 Å². The molecule has 1 unspecified atom stereocenters. The highest BCUT2D eigenvalue weighted by Crippen LogP contribution is 2.21. The topological polar surface area (TPSA) is 50.9 Å². The number of rotatable bonds is 5. The number of aryl methyl sites for hydroxylation is 3. The third-order valence-electron chi connectivity index (χ3n) is 3.18. The minimum absolute atomic E-state index is 0.424. The molecule has 1 atom stereocenters. The fourth-order valence-electron chi connectivity index (χ4n) is 2.11. The van der Waals surface area contributed by atoms with Crippen molar-refractivity contribution in [1.29, 1.82) is 0 Å². The third kappa shape index (κ3) is 3.55. The Hall–Kier alpha value is -1.39. The van der Waals surface area contributed by atoms with Crippen LogP contribution in [0.15, 0.2) is 24.5 Å². The zero-order chi connectivity index (χ0) is 13.8. The summed E-state index contributed by atoms with van der Waals surface area (Å²) in [6.45, 7) is 1.87. The van der Waals surface area contributed by atoms with Crippen LogP contribution in [0.3, 0.4) is 0 Å². The van der Waals surface area contributed by atoms with Gasteiger partial charge >= 0.3 is 0 Å². The van der Waals surface area contributed by atoms with Crippen LogP contribution in [-0.2, 0) is 19.9 Å². The van der Waals surface area contributed by atoms with Gasteiger partial charge in [0.05, 0.1) is 22.5 Å². The van der Waals surface area contributed by atoms with Crippen molar-refractivity contribution in [3.63, 3.8) is 0 Å². The molecule has 0 saturated heterocycles. The van der Waals surface area contributed by atoms with Gasteiger partial charge in [0.1, 0.15) is 0 Å². The van der Waals surface area contributed by atoms with Gasteiger partial charge in [-0.2, -0.15) is 5.10 Å². The summed E-state index contributed by atoms with van der Waals surface area (Å²) in [5, 5.41) is 15.0. The highest BCUT2D eigenvalue weighted by Gasteiger charge is 2.15. The minimum Gasteiger partial charge on any atom is -0.393 e. The third-order valence-corrected chi connectivity index (χ3v) is 3.67. The van der Waals surface area contributed by atoms with Crippen LogP contribution in [0, 0.1) is 6.92 Å². The number of aromatic nitrogens is 3. The lowest BCUT2D eigenvalue weighted by molar-refractivity contribution is 0.162. The molecule has 0 aliphatic heterocycles. The average molecular weight is 280 g/mol. The monoisotopic (exact) mass is 279 g/mol. The minimum atomic E-state index is -0.424. The van der Waals surface area contributed by atoms with E-state index in [1.54, 1.807) is 10.9 Å². The lowest BCUT2D eigenvalue weighted by Gasteiger charge is -2.11. The van der Waals surface area contributed by atoms with E-state index in [9.17, 15) is 5.11 Å². The van der Waals surface area contributed by atoms with Crippen molar-refractivity contribution in [2.24, 2.45) is 7.05 Å². The summed E-state index contributed by atoms with van der Waals surface area (Å²) < 4.78 is 1.74. The summed E-state index contributed by atoms with van der Waals surface area (Å²) in [4.78, 5) is 4.06. The number of hydrogen-bond donors (Lipinski definition) is 1. The number of aliphatic hydroxyl groups excluding tert-OH is 1. The Kier molecular flexibility index (Phi) is 4.56. The van der Waals surface area contributed by atoms with Crippen LogP contribution in [0.2, 0.25) is 5.02 Å². The number of halogens is 1. The Morgan fingerprint density at radius 1 is 1.47 bits per heavy atom. The maximum Gasteiger partial charge on any atom is 0.0847 e. The largest absolute Gasteiger partial charge is 0.393 e. The molecule has 2 aromatic rings. The summed E-state index contributed by atoms with van der Waals surface area (Å²) in [5.74, 6) is 0. The van der Waals surface area contributed by atoms with Crippen molar-refractivity contribution in [2.45, 2.75) is 32.3 Å². The van der Waals surface area contributed by atoms with Gasteiger partial charge in [-0.1, -0.05) is 17.7 Å². The first-order valence-electron chi connectivity index (χ1n) is 6.33. The SMILES string of the molecule is Cc1nn(C)c(CC(O)CCc2cccnc2)c1Cl. The van der Waals surface area contributed by atoms with Crippen molar-refractivity contribution < 1.29 is 5.11 Å². The first-order chi connectivity index (χ1) is 9.08. The molecule has 1 N–H and O–H groups in total. The zero-order valence-corrected chi connectivity index (χ0v) is 11.9. The van der Waals surface area contributed by atoms with E-state index < -0.39 is 6.10 Å². The van der Waals surface area contributed by atoms with Gasteiger partial charge in [0, 0.05) is 25.9 Å². The molecule has 2 rings (SSSR count). The van der Waals surface area contributed by atoms with Gasteiger partial charge in [-0.15, -0.1) is 0 Å². The number of pyridine rings is 1. The molecule has 0 bridgehead atoms. The summed E-state index contributed by atoms with van der Waals surface area (Å²) >= 11 is 6.17. The molecular weight excluding hydrogens is 262 g/mol. The van der Waals surface area contributed by atoms with E-state index in [1.807, 2.05) is 32.3 Å². The van der Waals surface area contributed by atoms with Crippen LogP contribution in [0.4, 0.5) is 0 Å². The summed E-state index contributed by atoms with van der Waals surface area (Å²) in [6.07, 6.45) is 5.17. The van der Waals surface area contributed by atoms with E-state index in [0.29, 0.717) is 17.9 Å². The Balaban J connectivity index is 1.92. The summed E-state index contributed by atoms with van der Waals surface area (Å²) in [5.41, 5.74) is 2.82. The molecule has 2 aromatic heterocycles. The highest BCUT2D eigenvalue weighted by atomic mass is 35.5. The molecule has 0 aliphatic carbocycles. The Labute approximate surface area is 118 Å². The van der Waals surface area contributed by atoms with Gasteiger partial charge in [-0.05, 0) is 31.4 Å². The number of aliphatic hydroxyl groups is 1. The summed E-state index contributed by atoms with van der Waals surface area (Å²) in [6, 6.07) is 3.92. The van der Waals surface area contributed by atoms with E-state index in [0.717, 1.165) is 23.4 Å². The standard InChI is InChI=1S/C14H18ClN3O/c1-10-14(15)13(18(2)17-10)8-12(19)6-5-11-4-3-7-16-9-11/h3-4,7,9,12,19H,5-6,8H2,1-2H3. The molecule has 0 aromatic carbocycles. The van der Waals surface area contributed by atoms with Gasteiger partial charge in [0.25, 0.3) is 0 Å². The smallest absolute Gasteiger partial charge is 0.0847 e. The number of hydrogen-bond acceptors (Lipinski definition) is 3. The number of nitrogens with zero attached hydrogens (tertiary/aromatic N) is 3. The summed E-state index contributed by atoms with van der Waals surface area (Å²) in [7, 11) is 1.85. The molecule has 2 heterocycles. The van der Waals surface area contributed by atoms with E-state index >= 15 is 0 Å². The van der Waals surface area contributed by atoms with Crippen molar-refractivity contribution in [2.75, 3.05) is 0 Å². The molecule has 19 heavy (non-hydrogen) atoms. The second-order valence-corrected chi connectivity index (χ2v) is 5.11. The van der Waals surface area contributed by atoms with Crippen molar-refractivity contribution in [3.8, 4) is 0 Å². The van der Waals surface area contributed by atoms with Crippen molar-refractivity contribution in [3.05, 3.63) is 46.5 Å². The molecule has 4 nitrogen and oxygen atoms in total. The van der Waals surface area contributed by atoms with Crippen LogP contribution in [0.25, 0.3) is 0 Å². The Morgan fingerprint density at radius 2 is 2.26 bits per heavy atom. The van der Waals surface area contributed by atoms with E-state index in [1.165, 1.54) is 0 Å². The Morgan fingerprint density at radius 3 is 2.84 bits per heavy atom. The van der Waals surface area contributed by atoms with E-state index in [2.05, 4.69) is 10.1 Å². The molecule has 0 saturated carbocycles. The van der Waals surface area contributed by atoms with E-state index in [-0.39, 0.29) is 0 Å². The zero-order valence-electron chi connectivity index (χ0n) is 11.2. The predicted octanol–water partition coefficient (Wildman–Crippen LogP) is 2.31. The average Bonchev–Trinajstić information content (AvgIpc) is 2.64. The second-order valence-electron chi connectivity index (χ2n) is 4.73. The second kappa shape index (κ2) is 6.17. The first kappa shape index (κ1) is 14.0. The van der Waals surface area contributed by atoms with Gasteiger partial charge in [-0.25, -0.2) is 0 Å². The lowest BCUT2D eigenvalue weighted by atomic mass is 10.0. The fourth-order valence-corrected chi connectivity index (χ4v) is 2.34. The normalized spacial score (nSPS) is 12.6. The van der Waals surface area contributed by atoms with Gasteiger partial charge in [0.15, 0.2) is 0 Å². The fraction of sp³-hybridized carbons (Fsp3) is 0.429. The molecule has 0 amide bonds. The van der Waals surface area contributed by atoms with Gasteiger partial charge < -0.3 is 5.11 Å². The van der Waals surface area contributed by atoms with Gasteiger partial charge in [-0.3, -0.25) is 9.67 Å². The van der Waals surface area contributed by atoms with Crippen molar-refractivity contribution in [1.82, 2.24) is 14.8 Å². The molecule has 102 valence electrons. The lowest BCUT2D eigenvalue weighted by Crippen LogP contribution is -2.14. The van der Waals surface area contributed by atoms with Crippen LogP contribution in [0.5, 0.6) is 0 Å². The first-order valence-corrected chi connectivity index (χ1v) is 6.70. The van der Waals surface area contributed by atoms with Crippen LogP contribution >= 0.6 is 11.6 Å². The predicted molar refractivity (Wildman–Crippen MR) is 75.2 cm³/mol. The van der Waals surface area contributed by atoms with Crippen LogP contribution < -0.4 is 0 Å². The maximum absolute atomic E-state index is 10.1. The molecule has 0 spiro atoms.